The minimum Gasteiger partial charge on any atom is -0.339 e. The molecule has 1 saturated heterocycles. The highest BCUT2D eigenvalue weighted by molar-refractivity contribution is 7.89. The number of piperidine rings is 1. The minimum atomic E-state index is -3.63. The second kappa shape index (κ2) is 8.72. The third-order valence-corrected chi connectivity index (χ3v) is 8.05. The Morgan fingerprint density at radius 1 is 1.12 bits per heavy atom. The Bertz CT molecular complexity index is 1270. The summed E-state index contributed by atoms with van der Waals surface area (Å²) in [6.07, 6.45) is 3.43. The zero-order valence-corrected chi connectivity index (χ0v) is 19.2. The van der Waals surface area contributed by atoms with Gasteiger partial charge in [0.1, 0.15) is 0 Å². The number of benzene rings is 2. The van der Waals surface area contributed by atoms with Gasteiger partial charge in [0.15, 0.2) is 0 Å². The average Bonchev–Trinajstić information content (AvgIpc) is 3.56. The Kier molecular flexibility index (Phi) is 5.76. The van der Waals surface area contributed by atoms with Crippen molar-refractivity contribution >= 4 is 21.6 Å². The van der Waals surface area contributed by atoms with Crippen molar-refractivity contribution in [3.8, 4) is 11.4 Å². The molecule has 9 heteroatoms. The molecule has 1 aliphatic carbocycles. The van der Waals surface area contributed by atoms with Crippen LogP contribution in [0.2, 0.25) is 0 Å². The van der Waals surface area contributed by atoms with Gasteiger partial charge in [0, 0.05) is 30.3 Å². The van der Waals surface area contributed by atoms with E-state index in [-0.39, 0.29) is 17.3 Å². The first-order chi connectivity index (χ1) is 15.9. The summed E-state index contributed by atoms with van der Waals surface area (Å²) in [6.45, 7) is 2.49. The molecular formula is C24H26N4O4S. The van der Waals surface area contributed by atoms with Crippen LogP contribution < -0.4 is 5.32 Å². The predicted octanol–water partition coefficient (Wildman–Crippen LogP) is 3.96. The predicted molar refractivity (Wildman–Crippen MR) is 123 cm³/mol. The van der Waals surface area contributed by atoms with Gasteiger partial charge in [0.05, 0.1) is 10.8 Å². The normalized spacial score (nSPS) is 19.4. The van der Waals surface area contributed by atoms with Crippen LogP contribution in [0, 0.1) is 12.8 Å². The lowest BCUT2D eigenvalue weighted by Gasteiger charge is -2.31. The van der Waals surface area contributed by atoms with Crippen LogP contribution in [0.15, 0.2) is 57.9 Å². The van der Waals surface area contributed by atoms with Gasteiger partial charge in [0.2, 0.25) is 27.6 Å². The summed E-state index contributed by atoms with van der Waals surface area (Å²) in [5.74, 6) is 0.925. The standard InChI is InChI=1S/C24H26N4O4S/c1-16-7-11-21(12-8-16)33(30,31)28-13-3-5-19(15-28)23(29)25-20-6-2-4-18(14-20)22-26-24(32-27-22)17-9-10-17/h2,4,6-8,11-12,14,17,19H,3,5,9-10,13,15H2,1H3,(H,25,29)/t19-/m0/s1. The number of carbonyl (C=O) groups is 1. The number of amides is 1. The lowest BCUT2D eigenvalue weighted by atomic mass is 9.98. The van der Waals surface area contributed by atoms with E-state index in [9.17, 15) is 13.2 Å². The van der Waals surface area contributed by atoms with Crippen molar-refractivity contribution in [3.63, 3.8) is 0 Å². The van der Waals surface area contributed by atoms with Crippen LogP contribution in [0.1, 0.15) is 43.1 Å². The number of hydrogen-bond donors (Lipinski definition) is 1. The number of anilines is 1. The highest BCUT2D eigenvalue weighted by Gasteiger charge is 2.33. The number of hydrogen-bond acceptors (Lipinski definition) is 6. The second-order valence-electron chi connectivity index (χ2n) is 8.82. The van der Waals surface area contributed by atoms with Crippen molar-refractivity contribution in [2.75, 3.05) is 18.4 Å². The number of sulfonamides is 1. The molecular weight excluding hydrogens is 440 g/mol. The molecule has 2 aromatic carbocycles. The lowest BCUT2D eigenvalue weighted by Crippen LogP contribution is -2.43. The van der Waals surface area contributed by atoms with Gasteiger partial charge in [-0.2, -0.15) is 9.29 Å². The number of rotatable bonds is 6. The molecule has 1 aliphatic heterocycles. The average molecular weight is 467 g/mol. The van der Waals surface area contributed by atoms with Crippen molar-refractivity contribution in [3.05, 3.63) is 60.0 Å². The van der Waals surface area contributed by atoms with E-state index >= 15 is 0 Å². The first-order valence-electron chi connectivity index (χ1n) is 11.2. The number of carbonyl (C=O) groups excluding carboxylic acids is 1. The topological polar surface area (TPSA) is 105 Å². The van der Waals surface area contributed by atoms with Gasteiger partial charge in [-0.15, -0.1) is 0 Å². The molecule has 1 saturated carbocycles. The molecule has 0 bridgehead atoms. The first-order valence-corrected chi connectivity index (χ1v) is 12.7. The fourth-order valence-electron chi connectivity index (χ4n) is 4.06. The molecule has 0 radical (unpaired) electrons. The third-order valence-electron chi connectivity index (χ3n) is 6.17. The number of aryl methyl sites for hydroxylation is 1. The quantitative estimate of drug-likeness (QED) is 0.589. The van der Waals surface area contributed by atoms with Crippen molar-refractivity contribution in [2.45, 2.75) is 43.4 Å². The molecule has 2 fully saturated rings. The van der Waals surface area contributed by atoms with Crippen molar-refractivity contribution < 1.29 is 17.7 Å². The van der Waals surface area contributed by atoms with Gasteiger partial charge in [0.25, 0.3) is 0 Å². The molecule has 33 heavy (non-hydrogen) atoms. The van der Waals surface area contributed by atoms with Gasteiger partial charge >= 0.3 is 0 Å². The van der Waals surface area contributed by atoms with Crippen LogP contribution in [0.4, 0.5) is 5.69 Å². The van der Waals surface area contributed by atoms with Gasteiger partial charge in [-0.1, -0.05) is 35.0 Å². The Morgan fingerprint density at radius 3 is 2.67 bits per heavy atom. The van der Waals surface area contributed by atoms with Crippen LogP contribution in [0.25, 0.3) is 11.4 Å². The molecule has 172 valence electrons. The Balaban J connectivity index is 1.27. The van der Waals surface area contributed by atoms with E-state index in [1.165, 1.54) is 4.31 Å². The Labute approximate surface area is 193 Å². The maximum atomic E-state index is 13.1. The smallest absolute Gasteiger partial charge is 0.243 e. The second-order valence-corrected chi connectivity index (χ2v) is 10.8. The van der Waals surface area contributed by atoms with Crippen LogP contribution in [0.5, 0.6) is 0 Å². The molecule has 0 spiro atoms. The molecule has 3 aromatic rings. The van der Waals surface area contributed by atoms with Crippen molar-refractivity contribution in [1.82, 2.24) is 14.4 Å². The zero-order chi connectivity index (χ0) is 23.0. The maximum absolute atomic E-state index is 13.1. The van der Waals surface area contributed by atoms with Gasteiger partial charge in [-0.3, -0.25) is 4.79 Å². The summed E-state index contributed by atoms with van der Waals surface area (Å²) in [5, 5.41) is 6.99. The van der Waals surface area contributed by atoms with Crippen molar-refractivity contribution in [1.29, 1.82) is 0 Å². The molecule has 0 unspecified atom stereocenters. The molecule has 1 amide bonds. The molecule has 5 rings (SSSR count). The van der Waals surface area contributed by atoms with Gasteiger partial charge in [-0.05, 0) is 56.9 Å². The van der Waals surface area contributed by atoms with E-state index in [1.807, 2.05) is 25.1 Å². The highest BCUT2D eigenvalue weighted by Crippen LogP contribution is 2.39. The number of nitrogens with zero attached hydrogens (tertiary/aromatic N) is 3. The fraction of sp³-hybridized carbons (Fsp3) is 0.375. The summed E-state index contributed by atoms with van der Waals surface area (Å²) < 4.78 is 32.9. The molecule has 1 atom stereocenters. The largest absolute Gasteiger partial charge is 0.339 e. The van der Waals surface area contributed by atoms with E-state index in [0.29, 0.717) is 42.7 Å². The lowest BCUT2D eigenvalue weighted by molar-refractivity contribution is -0.120. The van der Waals surface area contributed by atoms with Gasteiger partial charge in [-0.25, -0.2) is 8.42 Å². The summed E-state index contributed by atoms with van der Waals surface area (Å²) in [6, 6.07) is 14.1. The molecule has 8 nitrogen and oxygen atoms in total. The summed E-state index contributed by atoms with van der Waals surface area (Å²) >= 11 is 0. The van der Waals surface area contributed by atoms with Crippen LogP contribution in [0.3, 0.4) is 0 Å². The Morgan fingerprint density at radius 2 is 1.91 bits per heavy atom. The van der Waals surface area contributed by atoms with Crippen LogP contribution in [-0.2, 0) is 14.8 Å². The van der Waals surface area contributed by atoms with E-state index in [2.05, 4.69) is 15.5 Å². The number of aromatic nitrogens is 2. The Hall–Kier alpha value is -3.04. The van der Waals surface area contributed by atoms with Crippen molar-refractivity contribution in [2.24, 2.45) is 5.92 Å². The summed E-state index contributed by atoms with van der Waals surface area (Å²) in [7, 11) is -3.63. The first kappa shape index (κ1) is 21.8. The van der Waals surface area contributed by atoms with Crippen LogP contribution >= 0.6 is 0 Å². The van der Waals surface area contributed by atoms with Gasteiger partial charge < -0.3 is 9.84 Å². The summed E-state index contributed by atoms with van der Waals surface area (Å²) in [5.41, 5.74) is 2.38. The highest BCUT2D eigenvalue weighted by atomic mass is 32.2. The molecule has 2 heterocycles. The molecule has 1 aromatic heterocycles. The van der Waals surface area contributed by atoms with Crippen LogP contribution in [-0.4, -0.2) is 41.9 Å². The molecule has 2 aliphatic rings. The van der Waals surface area contributed by atoms with E-state index < -0.39 is 15.9 Å². The van der Waals surface area contributed by atoms with E-state index in [0.717, 1.165) is 24.0 Å². The summed E-state index contributed by atoms with van der Waals surface area (Å²) in [4.78, 5) is 17.7. The fourth-order valence-corrected chi connectivity index (χ4v) is 5.59. The van der Waals surface area contributed by atoms with E-state index in [1.54, 1.807) is 30.3 Å². The maximum Gasteiger partial charge on any atom is 0.243 e. The van der Waals surface area contributed by atoms with E-state index in [4.69, 9.17) is 4.52 Å². The molecule has 1 N–H and O–H groups in total. The monoisotopic (exact) mass is 466 g/mol. The minimum absolute atomic E-state index is 0.164. The third kappa shape index (κ3) is 4.69. The zero-order valence-electron chi connectivity index (χ0n) is 18.4. The SMILES string of the molecule is Cc1ccc(S(=O)(=O)N2CCC[C@H](C(=O)Nc3cccc(-c4noc(C5CC5)n4)c3)C2)cc1. The number of nitrogens with one attached hydrogen (secondary N) is 1.